The van der Waals surface area contributed by atoms with Crippen molar-refractivity contribution in [2.45, 2.75) is 6.92 Å². The minimum absolute atomic E-state index is 0.0596. The molecule has 0 aliphatic heterocycles. The second-order valence-corrected chi connectivity index (χ2v) is 3.99. The van der Waals surface area contributed by atoms with Crippen LogP contribution in [0.15, 0.2) is 28.4 Å². The summed E-state index contributed by atoms with van der Waals surface area (Å²) in [5.74, 6) is -0.723. The number of hydrogen-bond acceptors (Lipinski definition) is 5. The van der Waals surface area contributed by atoms with Gasteiger partial charge in [0.05, 0.1) is 11.8 Å². The molecule has 2 rings (SSSR count). The number of nitrogens with one attached hydrogen (secondary N) is 3. The summed E-state index contributed by atoms with van der Waals surface area (Å²) in [6.45, 7) is 1.70. The zero-order valence-electron chi connectivity index (χ0n) is 10.5. The second-order valence-electron chi connectivity index (χ2n) is 3.99. The van der Waals surface area contributed by atoms with Gasteiger partial charge in [-0.05, 0) is 6.92 Å². The fourth-order valence-corrected chi connectivity index (χ4v) is 1.56. The first-order valence-corrected chi connectivity index (χ1v) is 5.55. The lowest BCUT2D eigenvalue weighted by atomic mass is 10.2. The quantitative estimate of drug-likeness (QED) is 0.227. The maximum Gasteiger partial charge on any atom is 0.262 e. The molecule has 0 bridgehead atoms. The van der Waals surface area contributed by atoms with E-state index in [-0.39, 0.29) is 22.8 Å². The van der Waals surface area contributed by atoms with Crippen molar-refractivity contribution in [2.24, 2.45) is 10.9 Å². The van der Waals surface area contributed by atoms with Gasteiger partial charge in [0.1, 0.15) is 11.4 Å². The fraction of sp³-hybridized carbons (Fsp3) is 0.0909. The van der Waals surface area contributed by atoms with E-state index in [1.165, 1.54) is 18.5 Å². The van der Waals surface area contributed by atoms with Gasteiger partial charge in [0.25, 0.3) is 5.91 Å². The van der Waals surface area contributed by atoms with Gasteiger partial charge in [0.2, 0.25) is 0 Å². The molecule has 0 radical (unpaired) electrons. The Morgan fingerprint density at radius 3 is 2.90 bits per heavy atom. The molecule has 9 nitrogen and oxygen atoms in total. The molecule has 2 aromatic heterocycles. The van der Waals surface area contributed by atoms with Crippen LogP contribution in [0.5, 0.6) is 0 Å². The topological polar surface area (TPSA) is 149 Å². The van der Waals surface area contributed by atoms with Gasteiger partial charge < -0.3 is 21.2 Å². The number of pyridine rings is 1. The summed E-state index contributed by atoms with van der Waals surface area (Å²) in [4.78, 5) is 26.4. The average Bonchev–Trinajstić information content (AvgIpc) is 2.85. The third-order valence-electron chi connectivity index (χ3n) is 2.56. The predicted octanol–water partition coefficient (Wildman–Crippen LogP) is -0.247. The highest BCUT2D eigenvalue weighted by Crippen LogP contribution is 2.11. The highest BCUT2D eigenvalue weighted by molar-refractivity contribution is 6.08. The monoisotopic (exact) mass is 276 g/mol. The number of hydrogen-bond donors (Lipinski definition) is 5. The molecule has 0 fully saturated rings. The zero-order valence-corrected chi connectivity index (χ0v) is 10.5. The van der Waals surface area contributed by atoms with Gasteiger partial charge in [0, 0.05) is 18.0 Å². The molecule has 1 amide bonds. The van der Waals surface area contributed by atoms with E-state index < -0.39 is 11.3 Å². The van der Waals surface area contributed by atoms with Gasteiger partial charge in [-0.3, -0.25) is 14.7 Å². The van der Waals surface area contributed by atoms with Gasteiger partial charge in [-0.1, -0.05) is 5.16 Å². The number of carbonyl (C=O) groups is 1. The maximum absolute atomic E-state index is 12.0. The summed E-state index contributed by atoms with van der Waals surface area (Å²) in [7, 11) is 0. The van der Waals surface area contributed by atoms with Crippen LogP contribution >= 0.6 is 0 Å². The van der Waals surface area contributed by atoms with Crippen LogP contribution in [-0.4, -0.2) is 32.1 Å². The Morgan fingerprint density at radius 2 is 2.25 bits per heavy atom. The summed E-state index contributed by atoms with van der Waals surface area (Å²) in [6, 6.07) is 1.31. The Morgan fingerprint density at radius 1 is 1.50 bits per heavy atom. The van der Waals surface area contributed by atoms with Crippen molar-refractivity contribution in [1.82, 2.24) is 15.2 Å². The van der Waals surface area contributed by atoms with Crippen molar-refractivity contribution < 1.29 is 10.0 Å². The SMILES string of the molecule is Cc1cc(=O)c(C(=O)Nc2[nH]ncc2C(N)=NO)c[nH]1. The molecule has 20 heavy (non-hydrogen) atoms. The van der Waals surface area contributed by atoms with Crippen LogP contribution in [0.2, 0.25) is 0 Å². The highest BCUT2D eigenvalue weighted by Gasteiger charge is 2.15. The molecule has 0 saturated heterocycles. The third kappa shape index (κ3) is 2.51. The first-order valence-electron chi connectivity index (χ1n) is 5.55. The maximum atomic E-state index is 12.0. The molecule has 104 valence electrons. The van der Waals surface area contributed by atoms with E-state index in [9.17, 15) is 9.59 Å². The standard InChI is InChI=1S/C11H12N6O3/c1-5-2-8(18)6(3-13-5)11(19)15-10-7(4-14-16-10)9(12)17-20/h2-4,20H,1H3,(H2,12,17)(H,13,18)(H2,14,15,16,19). The lowest BCUT2D eigenvalue weighted by molar-refractivity contribution is 0.102. The average molecular weight is 276 g/mol. The van der Waals surface area contributed by atoms with Crippen LogP contribution in [0.4, 0.5) is 5.82 Å². The van der Waals surface area contributed by atoms with Crippen LogP contribution in [0.25, 0.3) is 0 Å². The minimum Gasteiger partial charge on any atom is -0.409 e. The van der Waals surface area contributed by atoms with Gasteiger partial charge in [0.15, 0.2) is 11.3 Å². The molecule has 0 aromatic carbocycles. The Kier molecular flexibility index (Phi) is 3.51. The van der Waals surface area contributed by atoms with Crippen LogP contribution in [0, 0.1) is 6.92 Å². The van der Waals surface area contributed by atoms with Crippen LogP contribution in [0.1, 0.15) is 21.6 Å². The molecule has 9 heteroatoms. The Labute approximate surface area is 112 Å². The number of aromatic amines is 2. The first-order chi connectivity index (χ1) is 9.52. The number of aryl methyl sites for hydroxylation is 1. The van der Waals surface area contributed by atoms with E-state index in [1.807, 2.05) is 0 Å². The van der Waals surface area contributed by atoms with Crippen molar-refractivity contribution in [3.05, 3.63) is 45.5 Å². The zero-order chi connectivity index (χ0) is 14.7. The normalized spacial score (nSPS) is 11.3. The van der Waals surface area contributed by atoms with E-state index in [0.29, 0.717) is 5.69 Å². The van der Waals surface area contributed by atoms with E-state index >= 15 is 0 Å². The third-order valence-corrected chi connectivity index (χ3v) is 2.56. The summed E-state index contributed by atoms with van der Waals surface area (Å²) in [5.41, 5.74) is 5.81. The van der Waals surface area contributed by atoms with E-state index in [0.717, 1.165) is 0 Å². The van der Waals surface area contributed by atoms with Gasteiger partial charge in [-0.15, -0.1) is 0 Å². The lowest BCUT2D eigenvalue weighted by Crippen LogP contribution is -2.23. The number of nitrogens with zero attached hydrogens (tertiary/aromatic N) is 2. The molecular formula is C11H12N6O3. The molecule has 0 unspecified atom stereocenters. The number of amidine groups is 1. The first kappa shape index (κ1) is 13.3. The van der Waals surface area contributed by atoms with Gasteiger partial charge in [-0.2, -0.15) is 5.10 Å². The van der Waals surface area contributed by atoms with E-state index in [4.69, 9.17) is 10.9 Å². The number of amides is 1. The van der Waals surface area contributed by atoms with Gasteiger partial charge >= 0.3 is 0 Å². The molecular weight excluding hydrogens is 264 g/mol. The molecule has 0 aliphatic rings. The van der Waals surface area contributed by atoms with Crippen molar-refractivity contribution in [3.8, 4) is 0 Å². The number of anilines is 1. The molecule has 0 spiro atoms. The van der Waals surface area contributed by atoms with Crippen molar-refractivity contribution in [3.63, 3.8) is 0 Å². The summed E-state index contributed by atoms with van der Waals surface area (Å²) in [6.07, 6.45) is 2.59. The predicted molar refractivity (Wildman–Crippen MR) is 70.9 cm³/mol. The largest absolute Gasteiger partial charge is 0.409 e. The van der Waals surface area contributed by atoms with E-state index in [2.05, 4.69) is 25.7 Å². The number of H-pyrrole nitrogens is 2. The summed E-state index contributed by atoms with van der Waals surface area (Å²) in [5, 5.41) is 20.0. The molecule has 6 N–H and O–H groups in total. The molecule has 0 atom stereocenters. The Bertz CT molecular complexity index is 730. The van der Waals surface area contributed by atoms with Crippen molar-refractivity contribution in [1.29, 1.82) is 0 Å². The minimum atomic E-state index is -0.637. The van der Waals surface area contributed by atoms with Crippen molar-refractivity contribution in [2.75, 3.05) is 5.32 Å². The number of nitrogens with two attached hydrogens (primary N) is 1. The highest BCUT2D eigenvalue weighted by atomic mass is 16.4. The summed E-state index contributed by atoms with van der Waals surface area (Å²) >= 11 is 0. The number of oxime groups is 1. The van der Waals surface area contributed by atoms with E-state index in [1.54, 1.807) is 6.92 Å². The second kappa shape index (κ2) is 5.26. The summed E-state index contributed by atoms with van der Waals surface area (Å²) < 4.78 is 0. The smallest absolute Gasteiger partial charge is 0.262 e. The Balaban J connectivity index is 2.29. The van der Waals surface area contributed by atoms with Crippen LogP contribution in [0.3, 0.4) is 0 Å². The number of aromatic nitrogens is 3. The number of rotatable bonds is 3. The number of carbonyl (C=O) groups excluding carboxylic acids is 1. The molecule has 0 aliphatic carbocycles. The molecule has 0 saturated carbocycles. The van der Waals surface area contributed by atoms with Gasteiger partial charge in [-0.25, -0.2) is 0 Å². The van der Waals surface area contributed by atoms with Crippen molar-refractivity contribution >= 4 is 17.6 Å². The van der Waals surface area contributed by atoms with Crippen LogP contribution < -0.4 is 16.5 Å². The lowest BCUT2D eigenvalue weighted by Gasteiger charge is -2.04. The Hall–Kier alpha value is -3.10. The fourth-order valence-electron chi connectivity index (χ4n) is 1.56. The van der Waals surface area contributed by atoms with Crippen LogP contribution in [-0.2, 0) is 0 Å². The molecule has 2 aromatic rings. The molecule has 2 heterocycles.